The van der Waals surface area contributed by atoms with Crippen LogP contribution in [0.4, 0.5) is 28.9 Å². The number of hydrogen-bond donors (Lipinski definition) is 2. The SMILES string of the molecule is O=C(Nc1ccc2c(c1)N(S(=O)(=O)c1ccc(F)cc1)C[C@@H](CO)O2)c1c(Cl)cccc1C(F)(F)F. The highest BCUT2D eigenvalue weighted by molar-refractivity contribution is 7.92. The molecule has 0 aliphatic carbocycles. The Kier molecular flexibility index (Phi) is 6.86. The van der Waals surface area contributed by atoms with Gasteiger partial charge in [0.2, 0.25) is 0 Å². The molecule has 1 aliphatic rings. The van der Waals surface area contributed by atoms with Crippen molar-refractivity contribution < 1.29 is 40.6 Å². The maximum Gasteiger partial charge on any atom is 0.417 e. The maximum atomic E-state index is 13.4. The number of aliphatic hydroxyl groups is 1. The molecule has 7 nitrogen and oxygen atoms in total. The van der Waals surface area contributed by atoms with Crippen molar-refractivity contribution in [3.8, 4) is 5.75 Å². The van der Waals surface area contributed by atoms with Crippen LogP contribution in [0.3, 0.4) is 0 Å². The van der Waals surface area contributed by atoms with Crippen LogP contribution in [0, 0.1) is 5.82 Å². The third-order valence-corrected chi connectivity index (χ3v) is 7.41. The summed E-state index contributed by atoms with van der Waals surface area (Å²) in [5.41, 5.74) is -2.12. The minimum atomic E-state index is -4.85. The number of benzene rings is 3. The normalized spacial score (nSPS) is 15.7. The molecule has 190 valence electrons. The molecule has 2 N–H and O–H groups in total. The van der Waals surface area contributed by atoms with Gasteiger partial charge in [-0.3, -0.25) is 9.10 Å². The van der Waals surface area contributed by atoms with Gasteiger partial charge in [0.1, 0.15) is 17.7 Å². The fraction of sp³-hybridized carbons (Fsp3) is 0.174. The molecule has 1 atom stereocenters. The molecule has 1 aliphatic heterocycles. The quantitative estimate of drug-likeness (QED) is 0.454. The Morgan fingerprint density at radius 3 is 2.47 bits per heavy atom. The highest BCUT2D eigenvalue weighted by Gasteiger charge is 2.37. The van der Waals surface area contributed by atoms with E-state index in [-0.39, 0.29) is 28.6 Å². The van der Waals surface area contributed by atoms with E-state index >= 15 is 0 Å². The van der Waals surface area contributed by atoms with E-state index in [1.54, 1.807) is 0 Å². The number of amides is 1. The molecule has 3 aromatic rings. The van der Waals surface area contributed by atoms with E-state index in [1.165, 1.54) is 18.2 Å². The lowest BCUT2D eigenvalue weighted by atomic mass is 10.1. The number of sulfonamides is 1. The molecule has 4 rings (SSSR count). The Balaban J connectivity index is 1.73. The van der Waals surface area contributed by atoms with E-state index in [4.69, 9.17) is 16.3 Å². The van der Waals surface area contributed by atoms with Crippen molar-refractivity contribution in [3.05, 3.63) is 82.6 Å². The summed E-state index contributed by atoms with van der Waals surface area (Å²) in [7, 11) is -4.27. The van der Waals surface area contributed by atoms with E-state index in [2.05, 4.69) is 5.32 Å². The second-order valence-corrected chi connectivity index (χ2v) is 9.98. The lowest BCUT2D eigenvalue weighted by Gasteiger charge is -2.35. The number of anilines is 2. The molecule has 1 amide bonds. The van der Waals surface area contributed by atoms with Crippen LogP contribution < -0.4 is 14.4 Å². The molecule has 0 bridgehead atoms. The lowest BCUT2D eigenvalue weighted by molar-refractivity contribution is -0.137. The molecule has 0 radical (unpaired) electrons. The van der Waals surface area contributed by atoms with Gasteiger partial charge < -0.3 is 15.2 Å². The number of ether oxygens (including phenoxy) is 1. The number of fused-ring (bicyclic) bond motifs is 1. The van der Waals surface area contributed by atoms with Gasteiger partial charge in [-0.1, -0.05) is 17.7 Å². The summed E-state index contributed by atoms with van der Waals surface area (Å²) in [5, 5.41) is 11.5. The first-order valence-corrected chi connectivity index (χ1v) is 12.1. The number of aliphatic hydroxyl groups excluding tert-OH is 1. The molecule has 0 fully saturated rings. The first kappa shape index (κ1) is 25.7. The number of nitrogens with zero attached hydrogens (tertiary/aromatic N) is 1. The van der Waals surface area contributed by atoms with Crippen LogP contribution >= 0.6 is 11.6 Å². The molecule has 1 heterocycles. The lowest BCUT2D eigenvalue weighted by Crippen LogP contribution is -2.45. The van der Waals surface area contributed by atoms with Crippen LogP contribution in [-0.4, -0.2) is 38.7 Å². The van der Waals surface area contributed by atoms with E-state index in [1.807, 2.05) is 0 Å². The molecular formula is C23H17ClF4N2O5S. The van der Waals surface area contributed by atoms with E-state index in [9.17, 15) is 35.9 Å². The van der Waals surface area contributed by atoms with Crippen LogP contribution in [0.5, 0.6) is 5.75 Å². The van der Waals surface area contributed by atoms with Gasteiger partial charge in [-0.15, -0.1) is 0 Å². The van der Waals surface area contributed by atoms with Crippen molar-refractivity contribution in [2.75, 3.05) is 22.8 Å². The van der Waals surface area contributed by atoms with Gasteiger partial charge in [-0.05, 0) is 54.6 Å². The zero-order valence-electron chi connectivity index (χ0n) is 18.1. The molecule has 0 saturated carbocycles. The first-order chi connectivity index (χ1) is 16.9. The maximum absolute atomic E-state index is 13.4. The van der Waals surface area contributed by atoms with Crippen LogP contribution in [0.25, 0.3) is 0 Å². The first-order valence-electron chi connectivity index (χ1n) is 10.3. The van der Waals surface area contributed by atoms with Crippen LogP contribution in [0.1, 0.15) is 15.9 Å². The van der Waals surface area contributed by atoms with Gasteiger partial charge in [-0.2, -0.15) is 13.2 Å². The Labute approximate surface area is 207 Å². The number of rotatable bonds is 5. The topological polar surface area (TPSA) is 95.9 Å². The number of halogens is 5. The molecule has 3 aromatic carbocycles. The van der Waals surface area contributed by atoms with Crippen LogP contribution in [0.2, 0.25) is 5.02 Å². The van der Waals surface area contributed by atoms with Crippen molar-refractivity contribution in [1.29, 1.82) is 0 Å². The highest BCUT2D eigenvalue weighted by Crippen LogP contribution is 2.40. The van der Waals surface area contributed by atoms with Gasteiger partial charge in [-0.25, -0.2) is 12.8 Å². The van der Waals surface area contributed by atoms with Gasteiger partial charge in [0.05, 0.1) is 39.9 Å². The summed E-state index contributed by atoms with van der Waals surface area (Å²) in [6.07, 6.45) is -5.77. The van der Waals surface area contributed by atoms with Crippen molar-refractivity contribution in [2.45, 2.75) is 17.2 Å². The summed E-state index contributed by atoms with van der Waals surface area (Å²) in [6.45, 7) is -0.830. The largest absolute Gasteiger partial charge is 0.484 e. The predicted octanol–water partition coefficient (Wildman–Crippen LogP) is 4.70. The Bertz CT molecular complexity index is 1410. The van der Waals surface area contributed by atoms with Crippen molar-refractivity contribution >= 4 is 38.9 Å². The summed E-state index contributed by atoms with van der Waals surface area (Å²) in [5.74, 6) is -1.77. The minimum Gasteiger partial charge on any atom is -0.484 e. The zero-order chi connectivity index (χ0) is 26.3. The van der Waals surface area contributed by atoms with E-state index < -0.39 is 56.8 Å². The average molecular weight is 545 g/mol. The molecular weight excluding hydrogens is 528 g/mol. The predicted molar refractivity (Wildman–Crippen MR) is 123 cm³/mol. The highest BCUT2D eigenvalue weighted by atomic mass is 35.5. The van der Waals surface area contributed by atoms with Crippen molar-refractivity contribution in [1.82, 2.24) is 0 Å². The zero-order valence-corrected chi connectivity index (χ0v) is 19.7. The number of carbonyl (C=O) groups is 1. The summed E-state index contributed by atoms with van der Waals surface area (Å²) >= 11 is 5.89. The number of carbonyl (C=O) groups excluding carboxylic acids is 1. The third-order valence-electron chi connectivity index (χ3n) is 5.30. The van der Waals surface area contributed by atoms with Gasteiger partial charge >= 0.3 is 6.18 Å². The standard InChI is InChI=1S/C23H17ClF4N2O5S/c24-18-3-1-2-17(23(26,27)28)21(18)22(32)29-14-6-9-20-19(10-14)30(11-15(12-31)35-20)36(33,34)16-7-4-13(25)5-8-16/h1-10,15,31H,11-12H2,(H,29,32)/t15-/m0/s1. The number of alkyl halides is 3. The van der Waals surface area contributed by atoms with Crippen molar-refractivity contribution in [3.63, 3.8) is 0 Å². The summed E-state index contributed by atoms with van der Waals surface area (Å²) < 4.78 is 86.7. The van der Waals surface area contributed by atoms with E-state index in [0.717, 1.165) is 40.7 Å². The van der Waals surface area contributed by atoms with Crippen LogP contribution in [-0.2, 0) is 16.2 Å². The average Bonchev–Trinajstić information content (AvgIpc) is 2.82. The molecule has 0 aromatic heterocycles. The van der Waals surface area contributed by atoms with Crippen molar-refractivity contribution in [2.24, 2.45) is 0 Å². The molecule has 0 spiro atoms. The fourth-order valence-electron chi connectivity index (χ4n) is 3.63. The summed E-state index contributed by atoms with van der Waals surface area (Å²) in [4.78, 5) is 12.5. The summed E-state index contributed by atoms with van der Waals surface area (Å²) in [6, 6.07) is 10.8. The Morgan fingerprint density at radius 1 is 1.14 bits per heavy atom. The third kappa shape index (κ3) is 4.97. The second kappa shape index (κ2) is 9.60. The monoisotopic (exact) mass is 544 g/mol. The Hall–Kier alpha value is -3.35. The molecule has 0 unspecified atom stereocenters. The fourth-order valence-corrected chi connectivity index (χ4v) is 5.39. The number of nitrogens with one attached hydrogen (secondary N) is 1. The van der Waals surface area contributed by atoms with Crippen LogP contribution in [0.15, 0.2) is 65.6 Å². The van der Waals surface area contributed by atoms with Gasteiger partial charge in [0.15, 0.2) is 0 Å². The molecule has 0 saturated heterocycles. The molecule has 13 heteroatoms. The smallest absolute Gasteiger partial charge is 0.417 e. The Morgan fingerprint density at radius 2 is 1.83 bits per heavy atom. The second-order valence-electron chi connectivity index (χ2n) is 7.71. The molecule has 36 heavy (non-hydrogen) atoms. The van der Waals surface area contributed by atoms with E-state index in [0.29, 0.717) is 6.07 Å². The van der Waals surface area contributed by atoms with Gasteiger partial charge in [0, 0.05) is 5.69 Å². The van der Waals surface area contributed by atoms with Gasteiger partial charge in [0.25, 0.3) is 15.9 Å². The number of hydrogen-bond acceptors (Lipinski definition) is 5. The minimum absolute atomic E-state index is 0.0395.